The average Bonchev–Trinajstić information content (AvgIpc) is 1.82. The second kappa shape index (κ2) is 1.10. The van der Waals surface area contributed by atoms with Crippen molar-refractivity contribution in [3.63, 3.8) is 0 Å². The third kappa shape index (κ3) is 0.408. The van der Waals surface area contributed by atoms with E-state index in [0.717, 1.165) is 12.3 Å². The van der Waals surface area contributed by atoms with Gasteiger partial charge in [-0.1, -0.05) is 0 Å². The summed E-state index contributed by atoms with van der Waals surface area (Å²) in [6.45, 7) is 1.98. The highest BCUT2D eigenvalue weighted by Crippen LogP contribution is 2.54. The van der Waals surface area contributed by atoms with Crippen LogP contribution < -0.4 is 0 Å². The molecule has 0 spiro atoms. The normalized spacial score (nSPS) is 60.8. The summed E-state index contributed by atoms with van der Waals surface area (Å²) < 4.78 is 0. The van der Waals surface area contributed by atoms with Gasteiger partial charge < -0.3 is 5.11 Å². The lowest BCUT2D eigenvalue weighted by Crippen LogP contribution is -2.27. The fourth-order valence-corrected chi connectivity index (χ4v) is 2.16. The van der Waals surface area contributed by atoms with Crippen molar-refractivity contribution in [1.82, 2.24) is 0 Å². The summed E-state index contributed by atoms with van der Waals surface area (Å²) in [4.78, 5) is 0. The number of hydrogen-bond acceptors (Lipinski definition) is 1. The van der Waals surface area contributed by atoms with Crippen molar-refractivity contribution in [2.24, 2.45) is 11.8 Å². The average molecular weight is 112 g/mol. The lowest BCUT2D eigenvalue weighted by molar-refractivity contribution is 0.0288. The van der Waals surface area contributed by atoms with Crippen LogP contribution in [0.25, 0.3) is 0 Å². The van der Waals surface area contributed by atoms with Crippen LogP contribution in [0.4, 0.5) is 0 Å². The molecule has 0 amide bonds. The summed E-state index contributed by atoms with van der Waals surface area (Å²) in [7, 11) is 0. The van der Waals surface area contributed by atoms with Crippen molar-refractivity contribution in [3.8, 4) is 0 Å². The summed E-state index contributed by atoms with van der Waals surface area (Å²) in [6, 6.07) is 0. The molecule has 0 aromatic rings. The minimum absolute atomic E-state index is 0.273. The van der Waals surface area contributed by atoms with Crippen molar-refractivity contribution in [2.75, 3.05) is 0 Å². The van der Waals surface area contributed by atoms with Crippen molar-refractivity contribution in [3.05, 3.63) is 0 Å². The third-order valence-electron chi connectivity index (χ3n) is 2.82. The van der Waals surface area contributed by atoms with Gasteiger partial charge in [0.05, 0.1) is 5.60 Å². The van der Waals surface area contributed by atoms with E-state index in [4.69, 9.17) is 0 Å². The zero-order chi connectivity index (χ0) is 5.78. The molecule has 1 nitrogen and oxygen atoms in total. The first-order valence-electron chi connectivity index (χ1n) is 3.41. The van der Waals surface area contributed by atoms with Crippen LogP contribution in [-0.4, -0.2) is 10.7 Å². The standard InChI is InChI=1S/C7H12O/c1-7(8)4-5-2-6(7)3-5/h5-6,8H,2-4H2,1H3/t5?,6?,7-/m1/s1. The molecule has 0 aromatic heterocycles. The van der Waals surface area contributed by atoms with Crippen molar-refractivity contribution in [1.29, 1.82) is 0 Å². The predicted octanol–water partition coefficient (Wildman–Crippen LogP) is 1.17. The molecule has 3 rings (SSSR count). The minimum Gasteiger partial charge on any atom is -0.390 e. The van der Waals surface area contributed by atoms with Crippen LogP contribution >= 0.6 is 0 Å². The van der Waals surface area contributed by atoms with E-state index in [-0.39, 0.29) is 5.60 Å². The van der Waals surface area contributed by atoms with Gasteiger partial charge in [0.15, 0.2) is 0 Å². The topological polar surface area (TPSA) is 20.2 Å². The number of fused-ring (bicyclic) bond motifs is 1. The fourth-order valence-electron chi connectivity index (χ4n) is 2.16. The number of hydrogen-bond donors (Lipinski definition) is 1. The molecule has 1 heteroatoms. The van der Waals surface area contributed by atoms with Gasteiger partial charge in [0.25, 0.3) is 0 Å². The first kappa shape index (κ1) is 4.80. The van der Waals surface area contributed by atoms with E-state index >= 15 is 0 Å². The van der Waals surface area contributed by atoms with Crippen LogP contribution in [0.1, 0.15) is 26.2 Å². The Kier molecular flexibility index (Phi) is 0.663. The Morgan fingerprint density at radius 2 is 2.12 bits per heavy atom. The maximum Gasteiger partial charge on any atom is 0.0650 e. The molecule has 3 aliphatic rings. The van der Waals surface area contributed by atoms with Crippen LogP contribution in [0.15, 0.2) is 0 Å². The van der Waals surface area contributed by atoms with E-state index in [2.05, 4.69) is 0 Å². The molecule has 46 valence electrons. The second-order valence-corrected chi connectivity index (χ2v) is 3.60. The van der Waals surface area contributed by atoms with Crippen molar-refractivity contribution in [2.45, 2.75) is 31.8 Å². The third-order valence-corrected chi connectivity index (χ3v) is 2.82. The summed E-state index contributed by atoms with van der Waals surface area (Å²) in [5.74, 6) is 1.54. The van der Waals surface area contributed by atoms with Gasteiger partial charge in [0, 0.05) is 0 Å². The van der Waals surface area contributed by atoms with Gasteiger partial charge in [-0.3, -0.25) is 0 Å². The first-order valence-corrected chi connectivity index (χ1v) is 3.41. The monoisotopic (exact) mass is 112 g/mol. The molecule has 0 aromatic carbocycles. The molecule has 1 N–H and O–H groups in total. The van der Waals surface area contributed by atoms with E-state index in [1.54, 1.807) is 0 Å². The molecule has 3 aliphatic carbocycles. The van der Waals surface area contributed by atoms with Gasteiger partial charge in [0.2, 0.25) is 0 Å². The van der Waals surface area contributed by atoms with Crippen LogP contribution in [0.5, 0.6) is 0 Å². The van der Waals surface area contributed by atoms with Gasteiger partial charge in [-0.2, -0.15) is 0 Å². The van der Waals surface area contributed by atoms with Gasteiger partial charge in [-0.25, -0.2) is 0 Å². The predicted molar refractivity (Wildman–Crippen MR) is 31.5 cm³/mol. The number of aliphatic hydroxyl groups is 1. The molecule has 0 aliphatic heterocycles. The molecule has 2 bridgehead atoms. The zero-order valence-electron chi connectivity index (χ0n) is 5.22. The molecule has 0 radical (unpaired) electrons. The van der Waals surface area contributed by atoms with Crippen LogP contribution in [-0.2, 0) is 0 Å². The van der Waals surface area contributed by atoms with Gasteiger partial charge >= 0.3 is 0 Å². The highest BCUT2D eigenvalue weighted by molar-refractivity contribution is 5.02. The molecule has 0 heterocycles. The molecule has 0 unspecified atom stereocenters. The van der Waals surface area contributed by atoms with Crippen LogP contribution in [0.2, 0.25) is 0 Å². The molecular weight excluding hydrogens is 100 g/mol. The second-order valence-electron chi connectivity index (χ2n) is 3.60. The first-order chi connectivity index (χ1) is 3.68. The van der Waals surface area contributed by atoms with E-state index in [9.17, 15) is 5.11 Å². The summed E-state index contributed by atoms with van der Waals surface area (Å²) in [5, 5.41) is 9.50. The van der Waals surface area contributed by atoms with E-state index in [1.807, 2.05) is 6.92 Å². The van der Waals surface area contributed by atoms with E-state index in [0.29, 0.717) is 5.92 Å². The summed E-state index contributed by atoms with van der Waals surface area (Å²) in [6.07, 6.45) is 3.66. The largest absolute Gasteiger partial charge is 0.390 e. The SMILES string of the molecule is C[C@@]1(O)CC2CC1C2. The van der Waals surface area contributed by atoms with Crippen molar-refractivity contribution >= 4 is 0 Å². The van der Waals surface area contributed by atoms with Crippen LogP contribution in [0.3, 0.4) is 0 Å². The lowest BCUT2D eigenvalue weighted by Gasteiger charge is -2.27. The Hall–Kier alpha value is -0.0400. The highest BCUT2D eigenvalue weighted by atomic mass is 16.3. The maximum atomic E-state index is 9.50. The van der Waals surface area contributed by atoms with Gasteiger partial charge in [-0.05, 0) is 38.0 Å². The smallest absolute Gasteiger partial charge is 0.0650 e. The Balaban J connectivity index is 2.20. The lowest BCUT2D eigenvalue weighted by atomic mass is 9.82. The van der Waals surface area contributed by atoms with Crippen LogP contribution in [0, 0.1) is 11.8 Å². The minimum atomic E-state index is -0.273. The van der Waals surface area contributed by atoms with E-state index in [1.165, 1.54) is 12.8 Å². The molecular formula is C7H12O. The molecule has 8 heavy (non-hydrogen) atoms. The Morgan fingerprint density at radius 3 is 2.25 bits per heavy atom. The van der Waals surface area contributed by atoms with Gasteiger partial charge in [0.1, 0.15) is 0 Å². The maximum absolute atomic E-state index is 9.50. The number of rotatable bonds is 0. The summed E-state index contributed by atoms with van der Waals surface area (Å²) >= 11 is 0. The van der Waals surface area contributed by atoms with Gasteiger partial charge in [-0.15, -0.1) is 0 Å². The Bertz CT molecular complexity index is 112. The Labute approximate surface area is 49.7 Å². The highest BCUT2D eigenvalue weighted by Gasteiger charge is 2.51. The fraction of sp³-hybridized carbons (Fsp3) is 1.00. The summed E-state index contributed by atoms with van der Waals surface area (Å²) in [5.41, 5.74) is -0.273. The quantitative estimate of drug-likeness (QED) is 0.498. The molecule has 3 saturated carbocycles. The molecule has 0 saturated heterocycles. The Morgan fingerprint density at radius 1 is 1.50 bits per heavy atom. The zero-order valence-corrected chi connectivity index (χ0v) is 5.22. The van der Waals surface area contributed by atoms with E-state index < -0.39 is 0 Å². The molecule has 3 fully saturated rings. The molecule has 1 atom stereocenters. The van der Waals surface area contributed by atoms with Crippen molar-refractivity contribution < 1.29 is 5.11 Å².